The molecule has 1 aliphatic carbocycles. The summed E-state index contributed by atoms with van der Waals surface area (Å²) in [7, 11) is 0. The lowest BCUT2D eigenvalue weighted by molar-refractivity contribution is 1.18. The third-order valence-corrected chi connectivity index (χ3v) is 7.83. The zero-order valence-electron chi connectivity index (χ0n) is 19.8. The zero-order valence-corrected chi connectivity index (χ0v) is 19.8. The Bertz CT molecular complexity index is 1960. The molecule has 0 spiro atoms. The van der Waals surface area contributed by atoms with E-state index >= 15 is 0 Å². The number of nitrogens with zero attached hydrogens (tertiary/aromatic N) is 1. The fourth-order valence-corrected chi connectivity index (χ4v) is 6.23. The lowest BCUT2D eigenvalue weighted by Gasteiger charge is -2.13. The lowest BCUT2D eigenvalue weighted by atomic mass is 9.91. The molecule has 1 aromatic heterocycles. The van der Waals surface area contributed by atoms with Gasteiger partial charge in [0.2, 0.25) is 0 Å². The molecule has 0 saturated carbocycles. The number of benzene rings is 6. The predicted molar refractivity (Wildman–Crippen MR) is 152 cm³/mol. The maximum absolute atomic E-state index is 2.43. The van der Waals surface area contributed by atoms with Crippen molar-refractivity contribution in [1.82, 2.24) is 4.57 Å². The number of rotatable bonds is 2. The van der Waals surface area contributed by atoms with Crippen LogP contribution in [0.25, 0.3) is 60.5 Å². The van der Waals surface area contributed by atoms with E-state index in [4.69, 9.17) is 0 Å². The fourth-order valence-electron chi connectivity index (χ4n) is 6.23. The molecule has 36 heavy (non-hydrogen) atoms. The number of aromatic nitrogens is 1. The van der Waals surface area contributed by atoms with Crippen LogP contribution in [0.2, 0.25) is 0 Å². The van der Waals surface area contributed by atoms with Gasteiger partial charge in [-0.05, 0) is 87.0 Å². The second kappa shape index (κ2) is 7.44. The van der Waals surface area contributed by atoms with E-state index in [2.05, 4.69) is 132 Å². The first-order valence-electron chi connectivity index (χ1n) is 12.6. The van der Waals surface area contributed by atoms with E-state index in [-0.39, 0.29) is 0 Å². The van der Waals surface area contributed by atoms with Crippen molar-refractivity contribution in [3.8, 4) is 27.9 Å². The van der Waals surface area contributed by atoms with E-state index in [1.54, 1.807) is 0 Å². The minimum atomic E-state index is 1.01. The average Bonchev–Trinajstić information content (AvgIpc) is 3.49. The first kappa shape index (κ1) is 19.7. The van der Waals surface area contributed by atoms with Crippen LogP contribution in [0.3, 0.4) is 0 Å². The molecule has 0 amide bonds. The van der Waals surface area contributed by atoms with Gasteiger partial charge < -0.3 is 4.57 Å². The molecule has 1 heterocycles. The predicted octanol–water partition coefficient (Wildman–Crippen LogP) is 9.18. The Labute approximate surface area is 209 Å². The van der Waals surface area contributed by atoms with Crippen LogP contribution in [-0.4, -0.2) is 4.57 Å². The molecule has 0 fully saturated rings. The van der Waals surface area contributed by atoms with Crippen LogP contribution in [0.5, 0.6) is 0 Å². The van der Waals surface area contributed by atoms with E-state index in [9.17, 15) is 0 Å². The molecule has 0 unspecified atom stereocenters. The first-order chi connectivity index (χ1) is 17.9. The number of para-hydroxylation sites is 2. The van der Waals surface area contributed by atoms with Gasteiger partial charge in [-0.25, -0.2) is 0 Å². The minimum absolute atomic E-state index is 1.01. The topological polar surface area (TPSA) is 4.93 Å². The second-order valence-electron chi connectivity index (χ2n) is 9.75. The molecule has 1 nitrogen and oxygen atoms in total. The molecule has 0 bridgehead atoms. The van der Waals surface area contributed by atoms with Crippen molar-refractivity contribution in [1.29, 1.82) is 0 Å². The molecule has 168 valence electrons. The molecular formula is C35H23N. The summed E-state index contributed by atoms with van der Waals surface area (Å²) in [6, 6.07) is 46.6. The molecule has 0 aliphatic heterocycles. The minimum Gasteiger partial charge on any atom is -0.309 e. The van der Waals surface area contributed by atoms with Gasteiger partial charge in [0.15, 0.2) is 0 Å². The van der Waals surface area contributed by atoms with Crippen molar-refractivity contribution in [3.05, 3.63) is 139 Å². The van der Waals surface area contributed by atoms with Crippen LogP contribution in [0.1, 0.15) is 11.1 Å². The van der Waals surface area contributed by atoms with Crippen molar-refractivity contribution < 1.29 is 0 Å². The molecule has 7 aromatic rings. The van der Waals surface area contributed by atoms with Gasteiger partial charge in [-0.3, -0.25) is 0 Å². The van der Waals surface area contributed by atoms with Gasteiger partial charge in [0.1, 0.15) is 0 Å². The highest BCUT2D eigenvalue weighted by Crippen LogP contribution is 2.45. The van der Waals surface area contributed by atoms with Crippen LogP contribution in [0, 0.1) is 0 Å². The Morgan fingerprint density at radius 2 is 1.14 bits per heavy atom. The zero-order chi connectivity index (χ0) is 23.6. The highest BCUT2D eigenvalue weighted by molar-refractivity contribution is 6.12. The van der Waals surface area contributed by atoms with Gasteiger partial charge >= 0.3 is 0 Å². The van der Waals surface area contributed by atoms with Crippen LogP contribution in [-0.2, 0) is 6.42 Å². The standard InChI is InChI=1S/C35H23N/c1-2-11-25(12-3-1)36-34-17-9-8-16-29(34)33-21-24(18-19-35(33)36)30-22-32-26-13-5-4-10-23(26)20-31(32)28-15-7-6-14-27(28)30/h1-19,21-22H,20H2. The summed E-state index contributed by atoms with van der Waals surface area (Å²) in [5.41, 5.74) is 11.9. The molecule has 1 heteroatoms. The highest BCUT2D eigenvalue weighted by Gasteiger charge is 2.22. The fraction of sp³-hybridized carbons (Fsp3) is 0.0286. The van der Waals surface area contributed by atoms with Gasteiger partial charge in [-0.1, -0.05) is 91.0 Å². The second-order valence-corrected chi connectivity index (χ2v) is 9.75. The number of fused-ring (bicyclic) bond motifs is 8. The molecular weight excluding hydrogens is 434 g/mol. The van der Waals surface area contributed by atoms with E-state index in [0.717, 1.165) is 6.42 Å². The van der Waals surface area contributed by atoms with Gasteiger partial charge in [0, 0.05) is 16.5 Å². The molecule has 0 radical (unpaired) electrons. The molecule has 0 saturated heterocycles. The maximum atomic E-state index is 2.43. The number of hydrogen-bond donors (Lipinski definition) is 0. The molecule has 8 rings (SSSR count). The summed E-state index contributed by atoms with van der Waals surface area (Å²) in [5, 5.41) is 5.27. The average molecular weight is 458 g/mol. The maximum Gasteiger partial charge on any atom is 0.0541 e. The molecule has 0 atom stereocenters. The van der Waals surface area contributed by atoms with Gasteiger partial charge in [-0.15, -0.1) is 0 Å². The first-order valence-corrected chi connectivity index (χ1v) is 12.6. The third-order valence-electron chi connectivity index (χ3n) is 7.83. The van der Waals surface area contributed by atoms with Gasteiger partial charge in [0.25, 0.3) is 0 Å². The van der Waals surface area contributed by atoms with Crippen LogP contribution < -0.4 is 0 Å². The summed E-state index contributed by atoms with van der Waals surface area (Å²) in [6.45, 7) is 0. The van der Waals surface area contributed by atoms with Crippen molar-refractivity contribution >= 4 is 32.6 Å². The monoisotopic (exact) mass is 457 g/mol. The molecule has 1 aliphatic rings. The Balaban J connectivity index is 1.43. The van der Waals surface area contributed by atoms with Crippen molar-refractivity contribution in [2.24, 2.45) is 0 Å². The third kappa shape index (κ3) is 2.71. The van der Waals surface area contributed by atoms with E-state index in [1.807, 2.05) is 0 Å². The van der Waals surface area contributed by atoms with Crippen LogP contribution in [0.4, 0.5) is 0 Å². The Kier molecular flexibility index (Phi) is 4.06. The summed E-state index contributed by atoms with van der Waals surface area (Å²) in [6.07, 6.45) is 1.01. The highest BCUT2D eigenvalue weighted by atomic mass is 15.0. The van der Waals surface area contributed by atoms with E-state index < -0.39 is 0 Å². The normalized spacial score (nSPS) is 12.3. The van der Waals surface area contributed by atoms with Crippen molar-refractivity contribution in [3.63, 3.8) is 0 Å². The summed E-state index contributed by atoms with van der Waals surface area (Å²) in [5.74, 6) is 0. The Morgan fingerprint density at radius 3 is 2.03 bits per heavy atom. The number of hydrogen-bond acceptors (Lipinski definition) is 0. The van der Waals surface area contributed by atoms with Crippen molar-refractivity contribution in [2.45, 2.75) is 6.42 Å². The van der Waals surface area contributed by atoms with Crippen LogP contribution >= 0.6 is 0 Å². The summed E-state index contributed by atoms with van der Waals surface area (Å²) in [4.78, 5) is 0. The SMILES string of the molecule is c1ccc(-n2c3ccccc3c3cc(-c4cc5c(c6ccccc46)Cc4ccccc4-5)ccc32)cc1. The molecule has 0 N–H and O–H groups in total. The molecule has 6 aromatic carbocycles. The summed E-state index contributed by atoms with van der Waals surface area (Å²) < 4.78 is 2.38. The quantitative estimate of drug-likeness (QED) is 0.244. The van der Waals surface area contributed by atoms with E-state index in [0.29, 0.717) is 0 Å². The summed E-state index contributed by atoms with van der Waals surface area (Å²) >= 11 is 0. The lowest BCUT2D eigenvalue weighted by Crippen LogP contribution is -1.93. The smallest absolute Gasteiger partial charge is 0.0541 e. The van der Waals surface area contributed by atoms with Crippen molar-refractivity contribution in [2.75, 3.05) is 0 Å². The van der Waals surface area contributed by atoms with Crippen LogP contribution in [0.15, 0.2) is 127 Å². The Hall–Kier alpha value is -4.62. The van der Waals surface area contributed by atoms with E-state index in [1.165, 1.54) is 71.6 Å². The van der Waals surface area contributed by atoms with Gasteiger partial charge in [-0.2, -0.15) is 0 Å². The van der Waals surface area contributed by atoms with Gasteiger partial charge in [0.05, 0.1) is 11.0 Å². The largest absolute Gasteiger partial charge is 0.309 e. The Morgan fingerprint density at radius 1 is 0.444 bits per heavy atom.